The summed E-state index contributed by atoms with van der Waals surface area (Å²) in [5.41, 5.74) is 28.8. The first-order valence-electron chi connectivity index (χ1n) is 32.3. The van der Waals surface area contributed by atoms with Gasteiger partial charge in [0.15, 0.2) is 5.96 Å². The van der Waals surface area contributed by atoms with Crippen molar-refractivity contribution in [1.29, 1.82) is 0 Å². The number of nitrogens with zero attached hydrogens (tertiary/aromatic N) is 2. The predicted octanol–water partition coefficient (Wildman–Crippen LogP) is -6.64. The van der Waals surface area contributed by atoms with Crippen molar-refractivity contribution < 1.29 is 82.4 Å². The van der Waals surface area contributed by atoms with Crippen LogP contribution in [0.3, 0.4) is 0 Å². The third kappa shape index (κ3) is 31.2. The molecule has 0 aromatic heterocycles. The number of carbonyl (C=O) groups is 14. The number of rotatable bonds is 44. The molecule has 35 nitrogen and oxygen atoms in total. The molecule has 548 valence electrons. The number of amides is 14. The number of nitrogens with one attached hydrogen (secondary N) is 11. The van der Waals surface area contributed by atoms with E-state index in [0.717, 1.165) is 4.90 Å². The van der Waals surface area contributed by atoms with E-state index < -0.39 is 189 Å². The summed E-state index contributed by atoms with van der Waals surface area (Å²) >= 11 is 1.28. The maximum Gasteiger partial charge on any atom is 0.245 e. The SMILES string of the molecule is CSCCC(NC(=O)CNC(=O)C(CO)NC(=O)C1CCCN1C(=O)C(N)CO)C(=O)NC(CCC(N)=O)C(=O)NC(CCCN=C(N)N)C(=O)NC(CC(C)C)C(=O)NC(Cc1ccc(O)cc1)C(=O)NCC(=O)NC(Cc1ccccc1)C(=O)NCC(=O)NC(CC(C)C)C(N)=O. The number of guanidine groups is 1. The Bertz CT molecular complexity index is 3110. The van der Waals surface area contributed by atoms with Crippen LogP contribution in [0.4, 0.5) is 0 Å². The third-order valence-electron chi connectivity index (χ3n) is 15.3. The van der Waals surface area contributed by atoms with E-state index in [-0.39, 0.29) is 93.8 Å². The molecule has 2 aromatic rings. The normalized spacial score (nSPS) is 15.3. The van der Waals surface area contributed by atoms with Gasteiger partial charge in [0, 0.05) is 32.4 Å². The highest BCUT2D eigenvalue weighted by Gasteiger charge is 2.39. The summed E-state index contributed by atoms with van der Waals surface area (Å²) in [5.74, 6) is -12.7. The zero-order valence-corrected chi connectivity index (χ0v) is 57.1. The molecular formula is C63H98N18O17S. The molecule has 0 radical (unpaired) electrons. The number of likely N-dealkylation sites (tertiary alicyclic amines) is 1. The van der Waals surface area contributed by atoms with Crippen LogP contribution in [-0.4, -0.2) is 227 Å². The number of benzene rings is 2. The van der Waals surface area contributed by atoms with Gasteiger partial charge in [-0.1, -0.05) is 70.2 Å². The molecule has 0 saturated carbocycles. The Morgan fingerprint density at radius 2 is 1.00 bits per heavy atom. The van der Waals surface area contributed by atoms with Crippen molar-refractivity contribution in [2.24, 2.45) is 45.5 Å². The number of phenols is 1. The van der Waals surface area contributed by atoms with E-state index in [1.807, 2.05) is 13.8 Å². The number of aliphatic hydroxyl groups is 2. The van der Waals surface area contributed by atoms with Crippen LogP contribution in [0.25, 0.3) is 0 Å². The van der Waals surface area contributed by atoms with Gasteiger partial charge in [-0.25, -0.2) is 0 Å². The number of hydrogen-bond acceptors (Lipinski definition) is 20. The molecule has 0 bridgehead atoms. The van der Waals surface area contributed by atoms with E-state index in [0.29, 0.717) is 17.5 Å². The van der Waals surface area contributed by atoms with E-state index >= 15 is 0 Å². The van der Waals surface area contributed by atoms with Crippen LogP contribution < -0.4 is 87.2 Å². The molecule has 1 aliphatic rings. The lowest BCUT2D eigenvalue weighted by Crippen LogP contribution is -2.60. The number of aliphatic imine (C=N–C) groups is 1. The lowest BCUT2D eigenvalue weighted by Gasteiger charge is -2.28. The smallest absolute Gasteiger partial charge is 0.245 e. The highest BCUT2D eigenvalue weighted by molar-refractivity contribution is 7.98. The predicted molar refractivity (Wildman–Crippen MR) is 363 cm³/mol. The number of aliphatic hydroxyl groups excluding tert-OH is 2. The third-order valence-corrected chi connectivity index (χ3v) is 15.9. The molecule has 99 heavy (non-hydrogen) atoms. The van der Waals surface area contributed by atoms with Gasteiger partial charge in [0.25, 0.3) is 0 Å². The minimum absolute atomic E-state index is 0.00317. The maximum absolute atomic E-state index is 14.6. The number of primary amides is 2. The molecule has 14 amide bonds. The van der Waals surface area contributed by atoms with Crippen LogP contribution in [0.1, 0.15) is 96.6 Å². The Balaban J connectivity index is 1.85. The molecule has 1 saturated heterocycles. The average molecular weight is 1410 g/mol. The molecule has 0 aliphatic carbocycles. The zero-order chi connectivity index (χ0) is 73.9. The number of aromatic hydroxyl groups is 1. The van der Waals surface area contributed by atoms with Gasteiger partial charge < -0.3 is 107 Å². The minimum atomic E-state index is -1.62. The van der Waals surface area contributed by atoms with Crippen molar-refractivity contribution in [2.75, 3.05) is 57.9 Å². The lowest BCUT2D eigenvalue weighted by atomic mass is 10.00. The standard InChI is InChI=1S/C63H98N18O17S/c1-34(2)25-43(53(66)89)74-51(87)30-70-54(90)45(27-36-11-7-6-8-12-36)75-52(88)31-71-55(91)46(28-37-15-17-38(84)18-16-37)79-60(96)44(26-35(3)4)78-57(93)40(13-9-22-69-63(67)68)76-58(94)41(19-20-49(65)85)77-59(95)42(21-24-99-5)73-50(86)29-72-56(92)47(33-83)80-61(97)48-14-10-23-81(48)62(98)39(64)32-82/h6-8,11-12,15-18,34-35,39-48,82-84H,9-10,13-14,19-33,64H2,1-5H3,(H2,65,85)(H2,66,89)(H,70,90)(H,71,91)(H,72,92)(H,73,86)(H,74,87)(H,75,88)(H,76,94)(H,77,95)(H,78,93)(H,79,96)(H,80,97)(H4,67,68,69). The van der Waals surface area contributed by atoms with Crippen LogP contribution in [0.5, 0.6) is 5.75 Å². The van der Waals surface area contributed by atoms with Crippen LogP contribution in [0, 0.1) is 11.8 Å². The molecule has 10 atom stereocenters. The summed E-state index contributed by atoms with van der Waals surface area (Å²) < 4.78 is 0. The first kappa shape index (κ1) is 83.5. The second kappa shape index (κ2) is 43.6. The van der Waals surface area contributed by atoms with Gasteiger partial charge in [0.1, 0.15) is 66.2 Å². The summed E-state index contributed by atoms with van der Waals surface area (Å²) in [6.45, 7) is 3.50. The second-order valence-electron chi connectivity index (χ2n) is 24.4. The van der Waals surface area contributed by atoms with Crippen molar-refractivity contribution in [2.45, 2.75) is 159 Å². The average Bonchev–Trinajstić information content (AvgIpc) is 1.77. The van der Waals surface area contributed by atoms with Crippen molar-refractivity contribution in [3.63, 3.8) is 0 Å². The monoisotopic (exact) mass is 1410 g/mol. The van der Waals surface area contributed by atoms with Gasteiger partial charge in [-0.3, -0.25) is 72.1 Å². The highest BCUT2D eigenvalue weighted by Crippen LogP contribution is 2.19. The van der Waals surface area contributed by atoms with Crippen molar-refractivity contribution in [3.05, 3.63) is 65.7 Å². The fourth-order valence-corrected chi connectivity index (χ4v) is 10.6. The van der Waals surface area contributed by atoms with Crippen LogP contribution >= 0.6 is 11.8 Å². The number of phenolic OH excluding ortho intramolecular Hbond substituents is 1. The fourth-order valence-electron chi connectivity index (χ4n) is 10.1. The quantitative estimate of drug-likeness (QED) is 0.0167. The number of nitrogens with two attached hydrogens (primary N) is 5. The van der Waals surface area contributed by atoms with Gasteiger partial charge in [-0.15, -0.1) is 0 Å². The van der Waals surface area contributed by atoms with Crippen molar-refractivity contribution in [1.82, 2.24) is 63.4 Å². The van der Waals surface area contributed by atoms with E-state index in [1.54, 1.807) is 50.4 Å². The molecule has 36 heteroatoms. The first-order valence-corrected chi connectivity index (χ1v) is 33.7. The molecule has 1 aliphatic heterocycles. The van der Waals surface area contributed by atoms with Gasteiger partial charge in [-0.05, 0) is 98.5 Å². The van der Waals surface area contributed by atoms with Crippen molar-refractivity contribution in [3.8, 4) is 5.75 Å². The molecule has 3 rings (SSSR count). The fraction of sp³-hybridized carbons (Fsp3) is 0.571. The molecule has 24 N–H and O–H groups in total. The van der Waals surface area contributed by atoms with Crippen LogP contribution in [0.2, 0.25) is 0 Å². The van der Waals surface area contributed by atoms with E-state index in [9.17, 15) is 82.4 Å². The molecule has 1 heterocycles. The van der Waals surface area contributed by atoms with Gasteiger partial charge in [0.05, 0.1) is 32.8 Å². The molecule has 10 unspecified atom stereocenters. The van der Waals surface area contributed by atoms with Gasteiger partial charge in [-0.2, -0.15) is 11.8 Å². The number of hydrogen-bond donors (Lipinski definition) is 19. The Morgan fingerprint density at radius 3 is 1.49 bits per heavy atom. The summed E-state index contributed by atoms with van der Waals surface area (Å²) in [6.07, 6.45) is 1.08. The van der Waals surface area contributed by atoms with Crippen LogP contribution in [-0.2, 0) is 80.0 Å². The maximum atomic E-state index is 14.6. The van der Waals surface area contributed by atoms with E-state index in [2.05, 4.69) is 63.5 Å². The van der Waals surface area contributed by atoms with Crippen LogP contribution in [0.15, 0.2) is 59.6 Å². The van der Waals surface area contributed by atoms with Gasteiger partial charge >= 0.3 is 0 Å². The topological polar surface area (TPSA) is 578 Å². The van der Waals surface area contributed by atoms with Crippen molar-refractivity contribution >= 4 is 100 Å². The molecule has 0 spiro atoms. The number of carbonyl (C=O) groups excluding carboxylic acids is 14. The summed E-state index contributed by atoms with van der Waals surface area (Å²) in [7, 11) is 0. The Hall–Kier alpha value is -9.68. The minimum Gasteiger partial charge on any atom is -0.508 e. The Kier molecular flexibility index (Phi) is 36.8. The lowest BCUT2D eigenvalue weighted by molar-refractivity contribution is -0.141. The second-order valence-corrected chi connectivity index (χ2v) is 25.4. The summed E-state index contributed by atoms with van der Waals surface area (Å²) in [6, 6.07) is 0.449. The first-order chi connectivity index (χ1) is 46.8. The number of thioether (sulfide) groups is 1. The molecule has 1 fully saturated rings. The summed E-state index contributed by atoms with van der Waals surface area (Å²) in [4.78, 5) is 194. The Labute approximate surface area is 577 Å². The molecular weight excluding hydrogens is 1310 g/mol. The zero-order valence-electron chi connectivity index (χ0n) is 56.3. The van der Waals surface area contributed by atoms with E-state index in [1.165, 1.54) is 36.0 Å². The highest BCUT2D eigenvalue weighted by atomic mass is 32.2. The largest absolute Gasteiger partial charge is 0.508 e. The summed E-state index contributed by atoms with van der Waals surface area (Å²) in [5, 5.41) is 56.9. The Morgan fingerprint density at radius 1 is 0.545 bits per heavy atom. The van der Waals surface area contributed by atoms with Gasteiger partial charge in [0.2, 0.25) is 82.7 Å². The molecule has 2 aromatic carbocycles. The van der Waals surface area contributed by atoms with E-state index in [4.69, 9.17) is 28.7 Å².